The number of halogens is 2. The first kappa shape index (κ1) is 14.2. The van der Waals surface area contributed by atoms with E-state index in [1.54, 1.807) is 13.2 Å². The minimum absolute atomic E-state index is 0.0446. The maximum Gasteiger partial charge on any atom is 0.228 e. The topological polar surface area (TPSA) is 71.2 Å². The molecular weight excluding hydrogens is 315 g/mol. The molecule has 2 heterocycles. The first-order valence-corrected chi connectivity index (χ1v) is 7.06. The maximum absolute atomic E-state index is 12.2. The summed E-state index contributed by atoms with van der Waals surface area (Å²) >= 11 is 12.2. The summed E-state index contributed by atoms with van der Waals surface area (Å²) in [4.78, 5) is 13.7. The minimum Gasteiger partial charge on any atom is -0.508 e. The van der Waals surface area contributed by atoms with Gasteiger partial charge in [-0.2, -0.15) is 0 Å². The van der Waals surface area contributed by atoms with Crippen molar-refractivity contribution in [1.82, 2.24) is 15.0 Å². The van der Waals surface area contributed by atoms with Gasteiger partial charge < -0.3 is 5.11 Å². The fourth-order valence-electron chi connectivity index (χ4n) is 2.53. The quantitative estimate of drug-likeness (QED) is 0.919. The van der Waals surface area contributed by atoms with Crippen LogP contribution in [0.3, 0.4) is 0 Å². The first-order valence-electron chi connectivity index (χ1n) is 6.31. The number of carbonyl (C=O) groups is 1. The van der Waals surface area contributed by atoms with Gasteiger partial charge in [-0.3, -0.25) is 14.4 Å². The lowest BCUT2D eigenvalue weighted by Gasteiger charge is -2.15. The van der Waals surface area contributed by atoms with E-state index >= 15 is 0 Å². The Labute approximate surface area is 130 Å². The van der Waals surface area contributed by atoms with Crippen LogP contribution in [0.2, 0.25) is 10.0 Å². The highest BCUT2D eigenvalue weighted by Crippen LogP contribution is 2.42. The largest absolute Gasteiger partial charge is 0.508 e. The van der Waals surface area contributed by atoms with Crippen LogP contribution in [0.1, 0.15) is 17.9 Å². The summed E-state index contributed by atoms with van der Waals surface area (Å²) in [6.45, 7) is 0.380. The first-order chi connectivity index (χ1) is 9.97. The summed E-state index contributed by atoms with van der Waals surface area (Å²) in [7, 11) is 1.73. The maximum atomic E-state index is 12.2. The van der Waals surface area contributed by atoms with Crippen LogP contribution in [0.4, 0.5) is 5.82 Å². The van der Waals surface area contributed by atoms with Crippen molar-refractivity contribution < 1.29 is 9.90 Å². The van der Waals surface area contributed by atoms with Gasteiger partial charge in [0.05, 0.1) is 16.2 Å². The lowest BCUT2D eigenvalue weighted by atomic mass is 9.97. The molecule has 1 saturated heterocycles. The fraction of sp³-hybridized carbons (Fsp3) is 0.308. The van der Waals surface area contributed by atoms with Gasteiger partial charge in [-0.05, 0) is 12.1 Å². The number of hydrogen-bond acceptors (Lipinski definition) is 4. The summed E-state index contributed by atoms with van der Waals surface area (Å²) in [6, 6.07) is 3.01. The second-order valence-corrected chi connectivity index (χ2v) is 5.74. The second kappa shape index (κ2) is 5.20. The summed E-state index contributed by atoms with van der Waals surface area (Å²) in [5, 5.41) is 18.4. The zero-order valence-electron chi connectivity index (χ0n) is 11.1. The lowest BCUT2D eigenvalue weighted by Crippen LogP contribution is -2.24. The molecule has 1 fully saturated rings. The Kier molecular flexibility index (Phi) is 3.51. The van der Waals surface area contributed by atoms with Crippen molar-refractivity contribution >= 4 is 34.9 Å². The highest BCUT2D eigenvalue weighted by molar-refractivity contribution is 6.42. The predicted octanol–water partition coefficient (Wildman–Crippen LogP) is 2.35. The number of anilines is 1. The van der Waals surface area contributed by atoms with E-state index in [0.717, 1.165) is 0 Å². The molecule has 2 aromatic rings. The molecule has 3 rings (SSSR count). The lowest BCUT2D eigenvalue weighted by molar-refractivity contribution is -0.117. The summed E-state index contributed by atoms with van der Waals surface area (Å²) < 4.78 is 1.53. The van der Waals surface area contributed by atoms with Crippen LogP contribution in [0, 0.1) is 0 Å². The number of carbonyl (C=O) groups excluding carboxylic acids is 1. The zero-order chi connectivity index (χ0) is 15.1. The molecule has 1 atom stereocenters. The van der Waals surface area contributed by atoms with Crippen LogP contribution in [0.15, 0.2) is 18.3 Å². The highest BCUT2D eigenvalue weighted by Gasteiger charge is 2.35. The molecule has 0 unspecified atom stereocenters. The van der Waals surface area contributed by atoms with Crippen molar-refractivity contribution in [1.29, 1.82) is 0 Å². The average Bonchev–Trinajstić information content (AvgIpc) is 3.01. The molecule has 0 radical (unpaired) electrons. The van der Waals surface area contributed by atoms with E-state index in [9.17, 15) is 9.90 Å². The van der Waals surface area contributed by atoms with E-state index in [1.165, 1.54) is 21.7 Å². The molecule has 110 valence electrons. The minimum atomic E-state index is -0.231. The van der Waals surface area contributed by atoms with Crippen molar-refractivity contribution in [3.05, 3.63) is 33.9 Å². The Hall–Kier alpha value is -1.79. The van der Waals surface area contributed by atoms with Gasteiger partial charge >= 0.3 is 0 Å². The molecule has 0 spiro atoms. The van der Waals surface area contributed by atoms with E-state index < -0.39 is 0 Å². The number of aromatic hydroxyl groups is 1. The Balaban J connectivity index is 1.93. The van der Waals surface area contributed by atoms with Gasteiger partial charge in [0, 0.05) is 31.5 Å². The van der Waals surface area contributed by atoms with Crippen molar-refractivity contribution in [3.63, 3.8) is 0 Å². The van der Waals surface area contributed by atoms with Crippen LogP contribution in [-0.2, 0) is 11.8 Å². The smallest absolute Gasteiger partial charge is 0.228 e. The number of nitrogens with zero attached hydrogens (tertiary/aromatic N) is 4. The van der Waals surface area contributed by atoms with Gasteiger partial charge in [0.25, 0.3) is 0 Å². The van der Waals surface area contributed by atoms with Crippen LogP contribution in [-0.4, -0.2) is 32.6 Å². The summed E-state index contributed by atoms with van der Waals surface area (Å²) in [5.74, 6) is 0.215. The molecule has 21 heavy (non-hydrogen) atoms. The number of benzene rings is 1. The zero-order valence-corrected chi connectivity index (χ0v) is 12.6. The van der Waals surface area contributed by atoms with Crippen LogP contribution >= 0.6 is 23.2 Å². The molecule has 0 aliphatic carbocycles. The van der Waals surface area contributed by atoms with Gasteiger partial charge in [-0.25, -0.2) is 0 Å². The molecule has 8 heteroatoms. The van der Waals surface area contributed by atoms with E-state index in [-0.39, 0.29) is 29.0 Å². The van der Waals surface area contributed by atoms with Gasteiger partial charge in [-0.1, -0.05) is 28.4 Å². The fourth-order valence-corrected chi connectivity index (χ4v) is 3.00. The molecular formula is C13H12Cl2N4O2. The van der Waals surface area contributed by atoms with Crippen molar-refractivity contribution in [3.8, 4) is 5.75 Å². The van der Waals surface area contributed by atoms with Crippen molar-refractivity contribution in [2.75, 3.05) is 11.4 Å². The Morgan fingerprint density at radius 2 is 2.14 bits per heavy atom. The summed E-state index contributed by atoms with van der Waals surface area (Å²) in [6.07, 6.45) is 1.91. The molecule has 1 aromatic carbocycles. The molecule has 1 aliphatic heterocycles. The number of aryl methyl sites for hydroxylation is 1. The molecule has 0 bridgehead atoms. The Morgan fingerprint density at radius 3 is 2.81 bits per heavy atom. The van der Waals surface area contributed by atoms with Crippen LogP contribution in [0.25, 0.3) is 0 Å². The highest BCUT2D eigenvalue weighted by atomic mass is 35.5. The molecule has 1 aliphatic rings. The van der Waals surface area contributed by atoms with Gasteiger partial charge in [-0.15, -0.1) is 5.10 Å². The molecule has 0 saturated carbocycles. The molecule has 6 nitrogen and oxygen atoms in total. The van der Waals surface area contributed by atoms with Crippen molar-refractivity contribution in [2.24, 2.45) is 7.05 Å². The van der Waals surface area contributed by atoms with Gasteiger partial charge in [0.2, 0.25) is 5.91 Å². The summed E-state index contributed by atoms with van der Waals surface area (Å²) in [5.41, 5.74) is 0.504. The Bertz CT molecular complexity index is 716. The van der Waals surface area contributed by atoms with Crippen LogP contribution in [0.5, 0.6) is 5.75 Å². The third-order valence-corrected chi connectivity index (χ3v) is 4.33. The van der Waals surface area contributed by atoms with Gasteiger partial charge in [0.1, 0.15) is 5.75 Å². The monoisotopic (exact) mass is 326 g/mol. The number of amides is 1. The second-order valence-electron chi connectivity index (χ2n) is 4.95. The van der Waals surface area contributed by atoms with Crippen molar-refractivity contribution in [2.45, 2.75) is 12.3 Å². The number of phenols is 1. The molecule has 1 N–H and O–H groups in total. The third-order valence-electron chi connectivity index (χ3n) is 3.51. The molecule has 1 amide bonds. The van der Waals surface area contributed by atoms with Crippen LogP contribution < -0.4 is 4.90 Å². The van der Waals surface area contributed by atoms with Gasteiger partial charge in [0.15, 0.2) is 5.82 Å². The van der Waals surface area contributed by atoms with E-state index in [0.29, 0.717) is 22.9 Å². The molecule has 1 aromatic heterocycles. The van der Waals surface area contributed by atoms with E-state index in [2.05, 4.69) is 10.3 Å². The Morgan fingerprint density at radius 1 is 1.38 bits per heavy atom. The standard InChI is InChI=1S/C13H12Cl2N4O2/c1-18-6-10(16-17-18)19-5-7(4-11(19)21)12-9(20)3-2-8(14)13(12)15/h2-3,6-7,20H,4-5H2,1H3/t7-/m1/s1. The SMILES string of the molecule is Cn1cc(N2C[C@H](c3c(O)ccc(Cl)c3Cl)CC2=O)nn1. The number of rotatable bonds is 2. The van der Waals surface area contributed by atoms with E-state index in [4.69, 9.17) is 23.2 Å². The number of hydrogen-bond donors (Lipinski definition) is 1. The predicted molar refractivity (Wildman–Crippen MR) is 78.8 cm³/mol. The average molecular weight is 327 g/mol. The normalized spacial score (nSPS) is 18.5. The number of aromatic nitrogens is 3. The number of phenolic OH excluding ortho intramolecular Hbond substituents is 1. The third kappa shape index (κ3) is 2.45. The van der Waals surface area contributed by atoms with E-state index in [1.807, 2.05) is 0 Å².